The van der Waals surface area contributed by atoms with Gasteiger partial charge in [-0.2, -0.15) is 0 Å². The molecule has 246 valence electrons. The molecule has 2 aromatic carbocycles. The standard InChI is InChI=1S/C36H46ClN5O3S/c1-23(2)34(43)39-12-15-41-13-10-36(11-14-41)19-27(20-36)35(44)40-21-26-6-7-29-30(24-4-3-5-25(18-24)33(38)46)22-42(32(29)31(26)37)28-8-16-45-17-9-28/h3-7,18,22-23,27-28H,8-17,19-21H2,1-2H3,(H2,38,46)(H,39,43)(H,40,44). The van der Waals surface area contributed by atoms with Crippen LogP contribution in [0.25, 0.3) is 22.0 Å². The molecule has 2 saturated heterocycles. The number of nitrogens with one attached hydrogen (secondary N) is 2. The molecule has 3 heterocycles. The van der Waals surface area contributed by atoms with Crippen molar-refractivity contribution in [1.82, 2.24) is 20.1 Å². The lowest BCUT2D eigenvalue weighted by atomic mass is 9.57. The Bertz CT molecular complexity index is 1600. The molecule has 10 heteroatoms. The Balaban J connectivity index is 1.10. The molecule has 1 spiro atoms. The van der Waals surface area contributed by atoms with Gasteiger partial charge in [0.25, 0.3) is 0 Å². The molecular formula is C36H46ClN5O3S. The molecular weight excluding hydrogens is 618 g/mol. The van der Waals surface area contributed by atoms with E-state index >= 15 is 0 Å². The second-order valence-electron chi connectivity index (χ2n) is 13.8. The number of ether oxygens (including phenoxy) is 1. The molecule has 1 saturated carbocycles. The van der Waals surface area contributed by atoms with Gasteiger partial charge in [0.05, 0.1) is 10.5 Å². The van der Waals surface area contributed by atoms with Gasteiger partial charge in [-0.3, -0.25) is 9.59 Å². The highest BCUT2D eigenvalue weighted by Crippen LogP contribution is 2.52. The number of nitrogens with two attached hydrogens (primary N) is 1. The van der Waals surface area contributed by atoms with E-state index in [0.29, 0.717) is 23.1 Å². The molecule has 3 fully saturated rings. The number of fused-ring (bicyclic) bond motifs is 1. The number of nitrogens with zero attached hydrogens (tertiary/aromatic N) is 2. The summed E-state index contributed by atoms with van der Waals surface area (Å²) in [4.78, 5) is 27.9. The first-order valence-corrected chi connectivity index (χ1v) is 17.5. The van der Waals surface area contributed by atoms with Crippen molar-refractivity contribution in [2.75, 3.05) is 39.4 Å². The van der Waals surface area contributed by atoms with E-state index < -0.39 is 0 Å². The minimum absolute atomic E-state index is 0.0170. The highest BCUT2D eigenvalue weighted by molar-refractivity contribution is 7.80. The summed E-state index contributed by atoms with van der Waals surface area (Å²) < 4.78 is 7.98. The number of hydrogen-bond acceptors (Lipinski definition) is 5. The van der Waals surface area contributed by atoms with Crippen LogP contribution in [0.5, 0.6) is 0 Å². The Morgan fingerprint density at radius 2 is 1.85 bits per heavy atom. The fourth-order valence-electron chi connectivity index (χ4n) is 7.51. The average molecular weight is 664 g/mol. The van der Waals surface area contributed by atoms with Crippen LogP contribution < -0.4 is 16.4 Å². The lowest BCUT2D eigenvalue weighted by Gasteiger charge is -2.51. The predicted molar refractivity (Wildman–Crippen MR) is 188 cm³/mol. The molecule has 0 radical (unpaired) electrons. The molecule has 3 aromatic rings. The van der Waals surface area contributed by atoms with Gasteiger partial charge in [-0.15, -0.1) is 0 Å². The molecule has 8 nitrogen and oxygen atoms in total. The molecule has 0 atom stereocenters. The third kappa shape index (κ3) is 6.98. The summed E-state index contributed by atoms with van der Waals surface area (Å²) in [6, 6.07) is 12.5. The Hall–Kier alpha value is -2.98. The molecule has 6 rings (SSSR count). The molecule has 1 aromatic heterocycles. The molecule has 46 heavy (non-hydrogen) atoms. The van der Waals surface area contributed by atoms with Gasteiger partial charge in [0, 0.05) is 73.4 Å². The number of benzene rings is 2. The van der Waals surface area contributed by atoms with Crippen LogP contribution in [0.1, 0.15) is 69.5 Å². The molecule has 0 bridgehead atoms. The summed E-state index contributed by atoms with van der Waals surface area (Å²) in [5.41, 5.74) is 11.1. The minimum atomic E-state index is 0.0170. The molecule has 2 aliphatic heterocycles. The Labute approximate surface area is 282 Å². The first-order chi connectivity index (χ1) is 22.1. The highest BCUT2D eigenvalue weighted by atomic mass is 35.5. The second kappa shape index (κ2) is 14.0. The summed E-state index contributed by atoms with van der Waals surface area (Å²) in [5, 5.41) is 7.98. The molecule has 0 unspecified atom stereocenters. The van der Waals surface area contributed by atoms with Crippen LogP contribution in [0.4, 0.5) is 0 Å². The number of rotatable bonds is 10. The van der Waals surface area contributed by atoms with E-state index in [1.165, 1.54) is 0 Å². The van der Waals surface area contributed by atoms with Gasteiger partial charge in [0.1, 0.15) is 4.99 Å². The fourth-order valence-corrected chi connectivity index (χ4v) is 7.96. The summed E-state index contributed by atoms with van der Waals surface area (Å²) >= 11 is 12.4. The topological polar surface area (TPSA) is 102 Å². The monoisotopic (exact) mass is 663 g/mol. The van der Waals surface area contributed by atoms with Gasteiger partial charge >= 0.3 is 0 Å². The highest BCUT2D eigenvalue weighted by Gasteiger charge is 2.48. The summed E-state index contributed by atoms with van der Waals surface area (Å²) in [6.07, 6.45) is 8.17. The number of aromatic nitrogens is 1. The lowest BCUT2D eigenvalue weighted by molar-refractivity contribution is -0.135. The van der Waals surface area contributed by atoms with Gasteiger partial charge in [0.2, 0.25) is 11.8 Å². The van der Waals surface area contributed by atoms with Crippen LogP contribution in [0, 0.1) is 17.3 Å². The van der Waals surface area contributed by atoms with Crippen molar-refractivity contribution in [3.8, 4) is 11.1 Å². The van der Waals surface area contributed by atoms with Crippen molar-refractivity contribution in [2.24, 2.45) is 23.0 Å². The second-order valence-corrected chi connectivity index (χ2v) is 14.6. The van der Waals surface area contributed by atoms with Crippen molar-refractivity contribution in [3.63, 3.8) is 0 Å². The van der Waals surface area contributed by atoms with Crippen molar-refractivity contribution in [1.29, 1.82) is 0 Å². The van der Waals surface area contributed by atoms with Crippen LogP contribution >= 0.6 is 23.8 Å². The Morgan fingerprint density at radius 1 is 1.11 bits per heavy atom. The number of thiocarbonyl (C=S) groups is 1. The van der Waals surface area contributed by atoms with Crippen molar-refractivity contribution in [3.05, 3.63) is 58.7 Å². The van der Waals surface area contributed by atoms with Crippen LogP contribution in [0.15, 0.2) is 42.6 Å². The smallest absolute Gasteiger partial charge is 0.223 e. The molecule has 4 N–H and O–H groups in total. The number of amides is 2. The number of piperidine rings is 1. The zero-order valence-corrected chi connectivity index (χ0v) is 28.5. The summed E-state index contributed by atoms with van der Waals surface area (Å²) in [5.74, 6) is 0.303. The first-order valence-electron chi connectivity index (χ1n) is 16.7. The van der Waals surface area contributed by atoms with Crippen molar-refractivity contribution in [2.45, 2.75) is 65.0 Å². The van der Waals surface area contributed by atoms with E-state index in [2.05, 4.69) is 38.4 Å². The van der Waals surface area contributed by atoms with Crippen LogP contribution in [0.2, 0.25) is 5.02 Å². The Kier molecular flexibility index (Phi) is 10.0. The van der Waals surface area contributed by atoms with Crippen LogP contribution in [-0.2, 0) is 20.9 Å². The number of hydrogen-bond donors (Lipinski definition) is 3. The minimum Gasteiger partial charge on any atom is -0.389 e. The normalized spacial score (nSPS) is 19.0. The van der Waals surface area contributed by atoms with E-state index in [9.17, 15) is 9.59 Å². The molecule has 3 aliphatic rings. The average Bonchev–Trinajstić information content (AvgIpc) is 3.44. The van der Waals surface area contributed by atoms with E-state index in [-0.39, 0.29) is 35.1 Å². The van der Waals surface area contributed by atoms with Gasteiger partial charge in [-0.25, -0.2) is 0 Å². The van der Waals surface area contributed by atoms with Crippen LogP contribution in [0.3, 0.4) is 0 Å². The maximum atomic E-state index is 13.3. The van der Waals surface area contributed by atoms with Crippen molar-refractivity contribution >= 4 is 51.5 Å². The number of carbonyl (C=O) groups is 2. The van der Waals surface area contributed by atoms with Gasteiger partial charge < -0.3 is 30.6 Å². The maximum absolute atomic E-state index is 13.3. The largest absolute Gasteiger partial charge is 0.389 e. The van der Waals surface area contributed by atoms with Gasteiger partial charge in [-0.1, -0.05) is 68.0 Å². The molecule has 1 aliphatic carbocycles. The van der Waals surface area contributed by atoms with Gasteiger partial charge in [-0.05, 0) is 74.2 Å². The SMILES string of the molecule is CC(C)C(=O)NCCN1CCC2(CC1)CC(C(=O)NCc1ccc3c(-c4cccc(C(N)=S)c4)cn(C4CCOCC4)c3c1Cl)C2. The number of carbonyl (C=O) groups excluding carboxylic acids is 2. The van der Waals surface area contributed by atoms with E-state index in [0.717, 1.165) is 105 Å². The van der Waals surface area contributed by atoms with Crippen molar-refractivity contribution < 1.29 is 14.3 Å². The third-order valence-electron chi connectivity index (χ3n) is 10.4. The summed E-state index contributed by atoms with van der Waals surface area (Å²) in [6.45, 7) is 9.32. The van der Waals surface area contributed by atoms with E-state index in [4.69, 9.17) is 34.3 Å². The first kappa shape index (κ1) is 32.9. The fraction of sp³-hybridized carbons (Fsp3) is 0.528. The molecule has 2 amide bonds. The Morgan fingerprint density at radius 3 is 2.54 bits per heavy atom. The summed E-state index contributed by atoms with van der Waals surface area (Å²) in [7, 11) is 0. The maximum Gasteiger partial charge on any atom is 0.223 e. The van der Waals surface area contributed by atoms with Gasteiger partial charge in [0.15, 0.2) is 0 Å². The number of likely N-dealkylation sites (tertiary alicyclic amines) is 1. The third-order valence-corrected chi connectivity index (χ3v) is 11.1. The predicted octanol–water partition coefficient (Wildman–Crippen LogP) is 5.83. The van der Waals surface area contributed by atoms with E-state index in [1.54, 1.807) is 0 Å². The zero-order chi connectivity index (χ0) is 32.4. The zero-order valence-electron chi connectivity index (χ0n) is 26.9. The number of halogens is 1. The lowest BCUT2D eigenvalue weighted by Crippen LogP contribution is -2.51. The van der Waals surface area contributed by atoms with Crippen LogP contribution in [-0.4, -0.2) is 65.7 Å². The van der Waals surface area contributed by atoms with E-state index in [1.807, 2.05) is 38.1 Å². The quantitative estimate of drug-likeness (QED) is 0.236.